The first kappa shape index (κ1) is 16.0. The molecule has 0 aliphatic rings. The maximum absolute atomic E-state index is 5.76. The van der Waals surface area contributed by atoms with Crippen LogP contribution in [-0.2, 0) is 0 Å². The molecule has 0 atom stereocenters. The quantitative estimate of drug-likeness (QED) is 0.353. The monoisotopic (exact) mass is 272 g/mol. The Morgan fingerprint density at radius 3 is 2.60 bits per heavy atom. The van der Waals surface area contributed by atoms with Crippen LogP contribution in [0.3, 0.4) is 0 Å². The van der Waals surface area contributed by atoms with Gasteiger partial charge in [-0.3, -0.25) is 0 Å². The summed E-state index contributed by atoms with van der Waals surface area (Å²) in [5.74, 6) is 6.21. The molecule has 0 saturated heterocycles. The van der Waals surface area contributed by atoms with Gasteiger partial charge in [0.15, 0.2) is 0 Å². The Kier molecular flexibility index (Phi) is 7.18. The van der Waals surface area contributed by atoms with Crippen molar-refractivity contribution in [2.45, 2.75) is 33.6 Å². The zero-order chi connectivity index (χ0) is 14.8. The number of nitrogens with two attached hydrogens (primary N) is 1. The highest BCUT2D eigenvalue weighted by molar-refractivity contribution is 5.98. The van der Waals surface area contributed by atoms with E-state index in [4.69, 9.17) is 10.6 Å². The van der Waals surface area contributed by atoms with Crippen molar-refractivity contribution < 1.29 is 4.74 Å². The minimum Gasteiger partial charge on any atom is -0.489 e. The highest BCUT2D eigenvalue weighted by Gasteiger charge is 2.02. The molecule has 0 aliphatic heterocycles. The number of unbranched alkanes of at least 4 members (excludes halogenated alkanes) is 1. The molecule has 2 N–H and O–H groups in total. The predicted octanol–water partition coefficient (Wildman–Crippen LogP) is 3.99. The lowest BCUT2D eigenvalue weighted by molar-refractivity contribution is 0.357. The maximum atomic E-state index is 5.76. The van der Waals surface area contributed by atoms with E-state index in [1.807, 2.05) is 43.3 Å². The average Bonchev–Trinajstić information content (AvgIpc) is 2.47. The lowest BCUT2D eigenvalue weighted by Crippen LogP contribution is -2.10. The first-order valence-corrected chi connectivity index (χ1v) is 6.97. The van der Waals surface area contributed by atoms with Crippen LogP contribution in [0.25, 0.3) is 0 Å². The van der Waals surface area contributed by atoms with E-state index in [9.17, 15) is 0 Å². The zero-order valence-corrected chi connectivity index (χ0v) is 12.6. The molecular weight excluding hydrogens is 248 g/mol. The lowest BCUT2D eigenvalue weighted by atomic mass is 10.1. The van der Waals surface area contributed by atoms with Crippen LogP contribution in [0.1, 0.15) is 32.3 Å². The number of rotatable bonds is 7. The Balaban J connectivity index is 2.68. The number of hydrogen-bond donors (Lipinski definition) is 1. The summed E-state index contributed by atoms with van der Waals surface area (Å²) in [6.45, 7) is 6.56. The molecular formula is C17H24N2O. The van der Waals surface area contributed by atoms with Gasteiger partial charge in [0.2, 0.25) is 0 Å². The molecule has 1 rings (SSSR count). The Morgan fingerprint density at radius 1 is 1.30 bits per heavy atom. The summed E-state index contributed by atoms with van der Waals surface area (Å²) < 4.78 is 5.76. The molecule has 0 aromatic heterocycles. The van der Waals surface area contributed by atoms with Gasteiger partial charge in [-0.2, -0.15) is 5.10 Å². The second-order valence-electron chi connectivity index (χ2n) is 4.72. The van der Waals surface area contributed by atoms with Crippen LogP contribution in [0.5, 0.6) is 5.75 Å². The summed E-state index contributed by atoms with van der Waals surface area (Å²) in [5, 5.41) is 3.75. The first-order valence-electron chi connectivity index (χ1n) is 6.97. The van der Waals surface area contributed by atoms with Gasteiger partial charge in [0.25, 0.3) is 0 Å². The van der Waals surface area contributed by atoms with E-state index in [0.29, 0.717) is 6.61 Å². The minimum atomic E-state index is 0.464. The third kappa shape index (κ3) is 5.74. The fourth-order valence-electron chi connectivity index (χ4n) is 1.60. The summed E-state index contributed by atoms with van der Waals surface area (Å²) >= 11 is 0. The van der Waals surface area contributed by atoms with Crippen LogP contribution in [-0.4, -0.2) is 12.3 Å². The summed E-state index contributed by atoms with van der Waals surface area (Å²) in [6, 6.07) is 8.00. The smallest absolute Gasteiger partial charge is 0.119 e. The molecule has 0 amide bonds. The van der Waals surface area contributed by atoms with E-state index < -0.39 is 0 Å². The van der Waals surface area contributed by atoms with Crippen LogP contribution in [0, 0.1) is 6.92 Å². The van der Waals surface area contributed by atoms with Crippen molar-refractivity contribution in [2.24, 2.45) is 10.9 Å². The first-order chi connectivity index (χ1) is 9.67. The normalized spacial score (nSPS) is 12.9. The number of nitrogens with zero attached hydrogens (tertiary/aromatic N) is 1. The molecule has 20 heavy (non-hydrogen) atoms. The highest BCUT2D eigenvalue weighted by atomic mass is 16.5. The molecule has 0 saturated carbocycles. The van der Waals surface area contributed by atoms with Crippen molar-refractivity contribution >= 4 is 5.71 Å². The fraction of sp³-hybridized carbons (Fsp3) is 0.353. The number of benzene rings is 1. The summed E-state index contributed by atoms with van der Waals surface area (Å²) in [4.78, 5) is 0. The molecule has 0 bridgehead atoms. The second kappa shape index (κ2) is 8.97. The molecule has 0 radical (unpaired) electrons. The molecule has 3 heteroatoms. The van der Waals surface area contributed by atoms with E-state index in [2.05, 4.69) is 25.0 Å². The topological polar surface area (TPSA) is 47.6 Å². The number of allylic oxidation sites excluding steroid dienone is 3. The van der Waals surface area contributed by atoms with E-state index in [-0.39, 0.29) is 0 Å². The van der Waals surface area contributed by atoms with Gasteiger partial charge >= 0.3 is 0 Å². The molecule has 3 nitrogen and oxygen atoms in total. The lowest BCUT2D eigenvalue weighted by Gasteiger charge is -2.09. The Morgan fingerprint density at radius 2 is 2.00 bits per heavy atom. The molecule has 0 heterocycles. The molecule has 0 fully saturated rings. The summed E-state index contributed by atoms with van der Waals surface area (Å²) in [7, 11) is 0. The van der Waals surface area contributed by atoms with Crippen LogP contribution in [0.4, 0.5) is 0 Å². The predicted molar refractivity (Wildman–Crippen MR) is 86.1 cm³/mol. The third-order valence-corrected chi connectivity index (χ3v) is 2.96. The van der Waals surface area contributed by atoms with E-state index in [1.165, 1.54) is 5.56 Å². The largest absolute Gasteiger partial charge is 0.489 e. The van der Waals surface area contributed by atoms with Crippen molar-refractivity contribution in [3.63, 3.8) is 0 Å². The van der Waals surface area contributed by atoms with Gasteiger partial charge in [-0.05, 0) is 32.4 Å². The van der Waals surface area contributed by atoms with Gasteiger partial charge in [0.05, 0.1) is 5.71 Å². The standard InChI is InChI=1S/C17H24N2O/c1-4-5-6-7-8-16(15(3)19-18)13-20-17-11-9-14(2)10-12-17/h6-12H,4-5,13,18H2,1-3H3/b7-6-,16-8-,19-15+. The van der Waals surface area contributed by atoms with Crippen molar-refractivity contribution in [1.82, 2.24) is 0 Å². The summed E-state index contributed by atoms with van der Waals surface area (Å²) in [5.41, 5.74) is 2.99. The van der Waals surface area contributed by atoms with Gasteiger partial charge in [-0.15, -0.1) is 0 Å². The number of hydrazone groups is 1. The number of ether oxygens (including phenoxy) is 1. The van der Waals surface area contributed by atoms with Gasteiger partial charge in [0, 0.05) is 5.57 Å². The second-order valence-corrected chi connectivity index (χ2v) is 4.72. The van der Waals surface area contributed by atoms with Gasteiger partial charge < -0.3 is 10.6 Å². The maximum Gasteiger partial charge on any atom is 0.119 e. The SMILES string of the molecule is CCC\C=C/C=C(COc1ccc(C)cc1)\C(C)=N\N. The molecule has 0 unspecified atom stereocenters. The zero-order valence-electron chi connectivity index (χ0n) is 12.6. The van der Waals surface area contributed by atoms with Gasteiger partial charge in [-0.25, -0.2) is 0 Å². The van der Waals surface area contributed by atoms with E-state index in [1.54, 1.807) is 0 Å². The van der Waals surface area contributed by atoms with Gasteiger partial charge in [0.1, 0.15) is 12.4 Å². The van der Waals surface area contributed by atoms with Gasteiger partial charge in [-0.1, -0.05) is 49.3 Å². The number of aryl methyl sites for hydroxylation is 1. The Hall–Kier alpha value is -2.03. The highest BCUT2D eigenvalue weighted by Crippen LogP contribution is 2.13. The fourth-order valence-corrected chi connectivity index (χ4v) is 1.60. The van der Waals surface area contributed by atoms with Crippen molar-refractivity contribution in [3.8, 4) is 5.75 Å². The summed E-state index contributed by atoms with van der Waals surface area (Å²) in [6.07, 6.45) is 8.39. The number of hydrogen-bond acceptors (Lipinski definition) is 3. The Bertz CT molecular complexity index is 484. The third-order valence-electron chi connectivity index (χ3n) is 2.96. The average molecular weight is 272 g/mol. The van der Waals surface area contributed by atoms with Crippen molar-refractivity contribution in [2.75, 3.05) is 6.61 Å². The Labute approximate surface area is 121 Å². The molecule has 1 aromatic rings. The van der Waals surface area contributed by atoms with E-state index >= 15 is 0 Å². The van der Waals surface area contributed by atoms with Crippen LogP contribution >= 0.6 is 0 Å². The van der Waals surface area contributed by atoms with E-state index in [0.717, 1.165) is 29.9 Å². The van der Waals surface area contributed by atoms with Crippen LogP contribution in [0.2, 0.25) is 0 Å². The molecule has 0 spiro atoms. The van der Waals surface area contributed by atoms with Crippen LogP contribution in [0.15, 0.2) is 53.2 Å². The van der Waals surface area contributed by atoms with Crippen molar-refractivity contribution in [3.05, 3.63) is 53.6 Å². The van der Waals surface area contributed by atoms with Crippen molar-refractivity contribution in [1.29, 1.82) is 0 Å². The molecule has 0 aliphatic carbocycles. The molecule has 108 valence electrons. The van der Waals surface area contributed by atoms with Crippen LogP contribution < -0.4 is 10.6 Å². The molecule has 1 aromatic carbocycles. The minimum absolute atomic E-state index is 0.464.